The number of halogens is 1. The van der Waals surface area contributed by atoms with Crippen LogP contribution in [0.2, 0.25) is 0 Å². The van der Waals surface area contributed by atoms with Gasteiger partial charge in [-0.1, -0.05) is 15.0 Å². The Balaban J connectivity index is 2.43. The molecule has 1 saturated heterocycles. The molecule has 1 aliphatic heterocycles. The molecule has 1 heterocycles. The van der Waals surface area contributed by atoms with Gasteiger partial charge in [0.05, 0.1) is 23.9 Å². The fourth-order valence-corrected chi connectivity index (χ4v) is 3.15. The lowest BCUT2D eigenvalue weighted by molar-refractivity contribution is 0.00578. The molecule has 0 bridgehead atoms. The molecule has 0 unspecified atom stereocenters. The molecule has 7 heteroatoms. The molecule has 1 fully saturated rings. The van der Waals surface area contributed by atoms with Crippen LogP contribution in [0.3, 0.4) is 0 Å². The van der Waals surface area contributed by atoms with E-state index in [-0.39, 0.29) is 5.97 Å². The van der Waals surface area contributed by atoms with Gasteiger partial charge in [0.2, 0.25) is 0 Å². The van der Waals surface area contributed by atoms with Crippen LogP contribution in [0.1, 0.15) is 38.1 Å². The first-order valence-corrected chi connectivity index (χ1v) is 9.94. The summed E-state index contributed by atoms with van der Waals surface area (Å²) < 4.78 is 16.9. The van der Waals surface area contributed by atoms with Crippen molar-refractivity contribution in [2.75, 3.05) is 7.11 Å². The average molecular weight is 420 g/mol. The molecule has 1 aliphatic rings. The number of carbonyl (C=O) groups is 1. The standard InChI is InChI=1S/C14H18BIO4S/c1-13(2)14(3,4)20-15(19-13)11-7-6-9(21-16)8-10(11)12(17)18-5/h6-8H,1-5H3. The Morgan fingerprint density at radius 3 is 2.29 bits per heavy atom. The summed E-state index contributed by atoms with van der Waals surface area (Å²) in [6, 6.07) is 5.63. The van der Waals surface area contributed by atoms with Crippen LogP contribution >= 0.6 is 30.1 Å². The highest BCUT2D eigenvalue weighted by atomic mass is 127. The quantitative estimate of drug-likeness (QED) is 0.427. The second-order valence-corrected chi connectivity index (χ2v) is 7.85. The predicted molar refractivity (Wildman–Crippen MR) is 93.4 cm³/mol. The lowest BCUT2D eigenvalue weighted by Crippen LogP contribution is -2.41. The van der Waals surface area contributed by atoms with Gasteiger partial charge in [-0.15, -0.1) is 0 Å². The Morgan fingerprint density at radius 2 is 1.81 bits per heavy atom. The van der Waals surface area contributed by atoms with Gasteiger partial charge in [0.1, 0.15) is 0 Å². The minimum Gasteiger partial charge on any atom is -0.465 e. The first-order valence-electron chi connectivity index (χ1n) is 6.58. The van der Waals surface area contributed by atoms with Crippen molar-refractivity contribution in [2.24, 2.45) is 0 Å². The predicted octanol–water partition coefficient (Wildman–Crippen LogP) is 3.21. The van der Waals surface area contributed by atoms with Crippen molar-refractivity contribution >= 4 is 48.7 Å². The minimum atomic E-state index is -0.572. The molecule has 0 amide bonds. The summed E-state index contributed by atoms with van der Waals surface area (Å²) in [7, 11) is 2.35. The number of rotatable bonds is 3. The highest BCUT2D eigenvalue weighted by Gasteiger charge is 2.52. The molecule has 0 N–H and O–H groups in total. The Morgan fingerprint density at radius 1 is 1.24 bits per heavy atom. The molecule has 21 heavy (non-hydrogen) atoms. The Labute approximate surface area is 142 Å². The lowest BCUT2D eigenvalue weighted by atomic mass is 9.76. The number of methoxy groups -OCH3 is 1. The molecular formula is C14H18BIO4S. The van der Waals surface area contributed by atoms with Gasteiger partial charge >= 0.3 is 13.1 Å². The first kappa shape index (κ1) is 17.1. The van der Waals surface area contributed by atoms with E-state index in [9.17, 15) is 4.79 Å². The summed E-state index contributed by atoms with van der Waals surface area (Å²) in [4.78, 5) is 13.0. The summed E-state index contributed by atoms with van der Waals surface area (Å²) in [6.45, 7) is 7.94. The molecule has 1 aromatic carbocycles. The average Bonchev–Trinajstić information content (AvgIpc) is 2.65. The highest BCUT2D eigenvalue weighted by molar-refractivity contribution is 14.2. The van der Waals surface area contributed by atoms with Gasteiger partial charge in [0, 0.05) is 26.1 Å². The zero-order chi connectivity index (χ0) is 15.8. The molecule has 0 radical (unpaired) electrons. The van der Waals surface area contributed by atoms with E-state index >= 15 is 0 Å². The van der Waals surface area contributed by atoms with Crippen molar-refractivity contribution in [3.8, 4) is 0 Å². The molecular weight excluding hydrogens is 402 g/mol. The Hall–Kier alpha value is -0.245. The van der Waals surface area contributed by atoms with E-state index in [4.69, 9.17) is 14.0 Å². The van der Waals surface area contributed by atoms with E-state index in [0.29, 0.717) is 11.0 Å². The third-order valence-corrected chi connectivity index (χ3v) is 5.98. The monoisotopic (exact) mass is 420 g/mol. The number of ether oxygens (including phenoxy) is 1. The van der Waals surface area contributed by atoms with Crippen LogP contribution in [0.25, 0.3) is 0 Å². The summed E-state index contributed by atoms with van der Waals surface area (Å²) in [5, 5.41) is 0. The normalized spacial score (nSPS) is 19.6. The Bertz CT molecular complexity index is 546. The van der Waals surface area contributed by atoms with Crippen molar-refractivity contribution in [3.05, 3.63) is 23.8 Å². The largest absolute Gasteiger partial charge is 0.495 e. The van der Waals surface area contributed by atoms with E-state index in [1.807, 2.05) is 45.9 Å². The van der Waals surface area contributed by atoms with E-state index < -0.39 is 18.3 Å². The first-order chi connectivity index (χ1) is 9.71. The van der Waals surface area contributed by atoms with Crippen molar-refractivity contribution in [2.45, 2.75) is 43.8 Å². The minimum absolute atomic E-state index is 0.382. The maximum Gasteiger partial charge on any atom is 0.495 e. The van der Waals surface area contributed by atoms with Gasteiger partial charge in [-0.05, 0) is 45.3 Å². The fourth-order valence-electron chi connectivity index (χ4n) is 2.05. The maximum atomic E-state index is 12.0. The van der Waals surface area contributed by atoms with Crippen LogP contribution in [0.5, 0.6) is 0 Å². The number of esters is 1. The summed E-state index contributed by atoms with van der Waals surface area (Å²) in [6.07, 6.45) is 0. The third kappa shape index (κ3) is 3.25. The van der Waals surface area contributed by atoms with E-state index in [1.165, 1.54) is 7.11 Å². The van der Waals surface area contributed by atoms with Crippen molar-refractivity contribution in [1.82, 2.24) is 0 Å². The van der Waals surface area contributed by atoms with Crippen LogP contribution in [-0.2, 0) is 14.0 Å². The second-order valence-electron chi connectivity index (χ2n) is 5.91. The number of benzene rings is 1. The lowest BCUT2D eigenvalue weighted by Gasteiger charge is -2.32. The van der Waals surface area contributed by atoms with Gasteiger partial charge in [-0.2, -0.15) is 0 Å². The zero-order valence-corrected chi connectivity index (χ0v) is 15.7. The molecule has 0 atom stereocenters. The molecule has 4 nitrogen and oxygen atoms in total. The highest BCUT2D eigenvalue weighted by Crippen LogP contribution is 2.37. The maximum absolute atomic E-state index is 12.0. The summed E-state index contributed by atoms with van der Waals surface area (Å²) in [5.74, 6) is -0.382. The molecule has 2 rings (SSSR count). The topological polar surface area (TPSA) is 44.8 Å². The van der Waals surface area contributed by atoms with Gasteiger partial charge in [0.15, 0.2) is 0 Å². The van der Waals surface area contributed by atoms with E-state index in [1.54, 1.807) is 8.93 Å². The second kappa shape index (κ2) is 6.10. The summed E-state index contributed by atoms with van der Waals surface area (Å²) in [5.41, 5.74) is 0.302. The molecule has 0 aliphatic carbocycles. The van der Waals surface area contributed by atoms with Gasteiger partial charge in [-0.3, -0.25) is 0 Å². The van der Waals surface area contributed by atoms with Crippen LogP contribution in [0.4, 0.5) is 0 Å². The fraction of sp³-hybridized carbons (Fsp3) is 0.500. The smallest absolute Gasteiger partial charge is 0.465 e. The van der Waals surface area contributed by atoms with Crippen LogP contribution in [-0.4, -0.2) is 31.4 Å². The number of hydrogen-bond donors (Lipinski definition) is 0. The number of hydrogen-bond acceptors (Lipinski definition) is 5. The summed E-state index contributed by atoms with van der Waals surface area (Å²) >= 11 is 2.18. The number of carbonyl (C=O) groups excluding carboxylic acids is 1. The van der Waals surface area contributed by atoms with Crippen LogP contribution in [0, 0.1) is 0 Å². The van der Waals surface area contributed by atoms with Gasteiger partial charge in [0.25, 0.3) is 0 Å². The van der Waals surface area contributed by atoms with Crippen molar-refractivity contribution in [3.63, 3.8) is 0 Å². The molecule has 0 aromatic heterocycles. The Kier molecular flexibility index (Phi) is 4.97. The molecule has 114 valence electrons. The molecule has 0 spiro atoms. The van der Waals surface area contributed by atoms with Crippen molar-refractivity contribution < 1.29 is 18.8 Å². The van der Waals surface area contributed by atoms with Gasteiger partial charge in [-0.25, -0.2) is 4.79 Å². The molecule has 0 saturated carbocycles. The zero-order valence-electron chi connectivity index (χ0n) is 12.7. The SMILES string of the molecule is COC(=O)c1cc(SI)ccc1B1OC(C)(C)C(C)(C)O1. The van der Waals surface area contributed by atoms with Crippen LogP contribution in [0.15, 0.2) is 23.1 Å². The van der Waals surface area contributed by atoms with Gasteiger partial charge < -0.3 is 14.0 Å². The van der Waals surface area contributed by atoms with E-state index in [2.05, 4.69) is 21.2 Å². The third-order valence-electron chi connectivity index (χ3n) is 4.03. The van der Waals surface area contributed by atoms with Crippen LogP contribution < -0.4 is 5.46 Å². The van der Waals surface area contributed by atoms with E-state index in [0.717, 1.165) is 4.90 Å². The molecule has 1 aromatic rings. The van der Waals surface area contributed by atoms with Crippen molar-refractivity contribution in [1.29, 1.82) is 0 Å².